The van der Waals surface area contributed by atoms with E-state index in [0.717, 1.165) is 15.6 Å². The number of hydrogen-bond donors (Lipinski definition) is 0. The highest BCUT2D eigenvalue weighted by molar-refractivity contribution is 9.10. The molecule has 2 aromatic carbocycles. The standard InChI is InChI=1S/C17H14BrF3/c1-12-2-4-13(5-3-12)6-11-16(17(19,20)21)14-7-9-15(18)10-8-14/h2-5,7-11H,6H2,1H3/b16-11-. The van der Waals surface area contributed by atoms with Crippen LogP contribution in [0, 0.1) is 6.92 Å². The van der Waals surface area contributed by atoms with Crippen LogP contribution >= 0.6 is 15.9 Å². The van der Waals surface area contributed by atoms with Gasteiger partial charge in [0.1, 0.15) is 0 Å². The van der Waals surface area contributed by atoms with Crippen molar-refractivity contribution in [3.63, 3.8) is 0 Å². The largest absolute Gasteiger partial charge is 0.416 e. The summed E-state index contributed by atoms with van der Waals surface area (Å²) in [6.07, 6.45) is -2.86. The van der Waals surface area contributed by atoms with E-state index < -0.39 is 11.7 Å². The van der Waals surface area contributed by atoms with Gasteiger partial charge >= 0.3 is 6.18 Å². The second-order valence-electron chi connectivity index (χ2n) is 4.81. The molecule has 0 atom stereocenters. The molecule has 0 fully saturated rings. The maximum atomic E-state index is 13.2. The number of aryl methyl sites for hydroxylation is 1. The molecule has 0 aliphatic carbocycles. The summed E-state index contributed by atoms with van der Waals surface area (Å²) in [5.41, 5.74) is 1.53. The summed E-state index contributed by atoms with van der Waals surface area (Å²) in [6, 6.07) is 13.7. The molecule has 21 heavy (non-hydrogen) atoms. The molecule has 2 aromatic rings. The molecular weight excluding hydrogens is 341 g/mol. The van der Waals surface area contributed by atoms with E-state index in [0.29, 0.717) is 0 Å². The molecule has 0 nitrogen and oxygen atoms in total. The number of benzene rings is 2. The van der Waals surface area contributed by atoms with Gasteiger partial charge in [0.05, 0.1) is 5.57 Å². The molecule has 0 aliphatic heterocycles. The van der Waals surface area contributed by atoms with E-state index in [1.165, 1.54) is 18.2 Å². The summed E-state index contributed by atoms with van der Waals surface area (Å²) in [4.78, 5) is 0. The van der Waals surface area contributed by atoms with Gasteiger partial charge in [-0.2, -0.15) is 13.2 Å². The Morgan fingerprint density at radius 1 is 1.00 bits per heavy atom. The molecule has 0 aromatic heterocycles. The van der Waals surface area contributed by atoms with Gasteiger partial charge in [0, 0.05) is 4.47 Å². The van der Waals surface area contributed by atoms with Gasteiger partial charge in [0.2, 0.25) is 0 Å². The zero-order chi connectivity index (χ0) is 15.5. The lowest BCUT2D eigenvalue weighted by atomic mass is 10.0. The lowest BCUT2D eigenvalue weighted by Crippen LogP contribution is -2.11. The monoisotopic (exact) mass is 354 g/mol. The summed E-state index contributed by atoms with van der Waals surface area (Å²) in [6.45, 7) is 1.95. The number of alkyl halides is 3. The van der Waals surface area contributed by atoms with Crippen LogP contribution in [0.15, 0.2) is 59.1 Å². The van der Waals surface area contributed by atoms with Crippen LogP contribution in [0.25, 0.3) is 5.57 Å². The molecule has 0 saturated carbocycles. The fraction of sp³-hybridized carbons (Fsp3) is 0.176. The minimum atomic E-state index is -4.36. The van der Waals surface area contributed by atoms with Gasteiger partial charge in [0.25, 0.3) is 0 Å². The van der Waals surface area contributed by atoms with Crippen LogP contribution < -0.4 is 0 Å². The third kappa shape index (κ3) is 4.46. The smallest absolute Gasteiger partial charge is 0.166 e. The van der Waals surface area contributed by atoms with Crippen LogP contribution in [0.3, 0.4) is 0 Å². The quantitative estimate of drug-likeness (QED) is 0.639. The molecule has 0 N–H and O–H groups in total. The van der Waals surface area contributed by atoms with Crippen molar-refractivity contribution in [2.45, 2.75) is 19.5 Å². The van der Waals surface area contributed by atoms with Gasteiger partial charge in [-0.25, -0.2) is 0 Å². The summed E-state index contributed by atoms with van der Waals surface area (Å²) in [5.74, 6) is 0. The SMILES string of the molecule is Cc1ccc(C/C=C(/c2ccc(Br)cc2)C(F)(F)F)cc1. The van der Waals surface area contributed by atoms with Gasteiger partial charge in [-0.1, -0.05) is 64.0 Å². The molecule has 110 valence electrons. The second kappa shape index (κ2) is 6.48. The first-order valence-corrected chi connectivity index (χ1v) is 7.24. The maximum absolute atomic E-state index is 13.2. The normalized spacial score (nSPS) is 12.5. The Hall–Kier alpha value is -1.55. The van der Waals surface area contributed by atoms with Crippen molar-refractivity contribution in [1.82, 2.24) is 0 Å². The van der Waals surface area contributed by atoms with Crippen LogP contribution in [-0.2, 0) is 6.42 Å². The predicted molar refractivity (Wildman–Crippen MR) is 83.1 cm³/mol. The first-order valence-electron chi connectivity index (χ1n) is 6.45. The predicted octanol–water partition coefficient (Wildman–Crippen LogP) is 5.95. The Morgan fingerprint density at radius 2 is 1.57 bits per heavy atom. The Kier molecular flexibility index (Phi) is 4.88. The van der Waals surface area contributed by atoms with Crippen molar-refractivity contribution in [2.24, 2.45) is 0 Å². The van der Waals surface area contributed by atoms with Crippen LogP contribution in [0.4, 0.5) is 13.2 Å². The molecular formula is C17H14BrF3. The molecule has 2 rings (SSSR count). The lowest BCUT2D eigenvalue weighted by molar-refractivity contribution is -0.0690. The van der Waals surface area contributed by atoms with Crippen molar-refractivity contribution in [3.8, 4) is 0 Å². The van der Waals surface area contributed by atoms with Crippen molar-refractivity contribution in [2.75, 3.05) is 0 Å². The molecule has 0 saturated heterocycles. The van der Waals surface area contributed by atoms with E-state index in [-0.39, 0.29) is 12.0 Å². The number of halogens is 4. The van der Waals surface area contributed by atoms with E-state index in [2.05, 4.69) is 15.9 Å². The van der Waals surface area contributed by atoms with Gasteiger partial charge in [-0.05, 0) is 36.6 Å². The fourth-order valence-electron chi connectivity index (χ4n) is 1.97. The highest BCUT2D eigenvalue weighted by Gasteiger charge is 2.34. The molecule has 0 radical (unpaired) electrons. The number of hydrogen-bond acceptors (Lipinski definition) is 0. The average Bonchev–Trinajstić information content (AvgIpc) is 2.42. The Balaban J connectivity index is 2.30. The van der Waals surface area contributed by atoms with E-state index >= 15 is 0 Å². The van der Waals surface area contributed by atoms with Crippen molar-refractivity contribution >= 4 is 21.5 Å². The van der Waals surface area contributed by atoms with Crippen LogP contribution in [-0.4, -0.2) is 6.18 Å². The second-order valence-corrected chi connectivity index (χ2v) is 5.73. The molecule has 0 heterocycles. The van der Waals surface area contributed by atoms with E-state index in [1.807, 2.05) is 31.2 Å². The maximum Gasteiger partial charge on any atom is 0.416 e. The van der Waals surface area contributed by atoms with Crippen LogP contribution in [0.2, 0.25) is 0 Å². The minimum Gasteiger partial charge on any atom is -0.166 e. The molecule has 0 amide bonds. The van der Waals surface area contributed by atoms with Gasteiger partial charge < -0.3 is 0 Å². The highest BCUT2D eigenvalue weighted by atomic mass is 79.9. The minimum absolute atomic E-state index is 0.179. The Labute approximate surface area is 130 Å². The lowest BCUT2D eigenvalue weighted by Gasteiger charge is -2.12. The van der Waals surface area contributed by atoms with Crippen molar-refractivity contribution in [1.29, 1.82) is 0 Å². The summed E-state index contributed by atoms with van der Waals surface area (Å²) in [7, 11) is 0. The van der Waals surface area contributed by atoms with Gasteiger partial charge in [0.15, 0.2) is 0 Å². The van der Waals surface area contributed by atoms with E-state index in [1.54, 1.807) is 12.1 Å². The molecule has 0 bridgehead atoms. The van der Waals surface area contributed by atoms with Crippen LogP contribution in [0.5, 0.6) is 0 Å². The molecule has 0 unspecified atom stereocenters. The first kappa shape index (κ1) is 15.8. The van der Waals surface area contributed by atoms with Crippen LogP contribution in [0.1, 0.15) is 16.7 Å². The summed E-state index contributed by atoms with van der Waals surface area (Å²) in [5, 5.41) is 0. The highest BCUT2D eigenvalue weighted by Crippen LogP contribution is 2.34. The van der Waals surface area contributed by atoms with Gasteiger partial charge in [-0.3, -0.25) is 0 Å². The van der Waals surface area contributed by atoms with E-state index in [4.69, 9.17) is 0 Å². The Bertz CT molecular complexity index is 623. The number of rotatable bonds is 3. The number of allylic oxidation sites excluding steroid dienone is 2. The third-order valence-electron chi connectivity index (χ3n) is 3.12. The first-order chi connectivity index (χ1) is 9.86. The average molecular weight is 355 g/mol. The Morgan fingerprint density at radius 3 is 2.10 bits per heavy atom. The zero-order valence-electron chi connectivity index (χ0n) is 11.4. The van der Waals surface area contributed by atoms with Gasteiger partial charge in [-0.15, -0.1) is 0 Å². The summed E-state index contributed by atoms with van der Waals surface area (Å²) >= 11 is 3.23. The topological polar surface area (TPSA) is 0 Å². The zero-order valence-corrected chi connectivity index (χ0v) is 13.0. The molecule has 4 heteroatoms. The van der Waals surface area contributed by atoms with E-state index in [9.17, 15) is 13.2 Å². The third-order valence-corrected chi connectivity index (χ3v) is 3.65. The van der Waals surface area contributed by atoms with Crippen molar-refractivity contribution in [3.05, 3.63) is 75.8 Å². The van der Waals surface area contributed by atoms with Crippen molar-refractivity contribution < 1.29 is 13.2 Å². The fourth-order valence-corrected chi connectivity index (χ4v) is 2.24. The molecule has 0 spiro atoms. The summed E-state index contributed by atoms with van der Waals surface area (Å²) < 4.78 is 40.3. The molecule has 0 aliphatic rings.